The Bertz CT molecular complexity index is 177. The molecule has 11 heavy (non-hydrogen) atoms. The molecule has 0 saturated carbocycles. The van der Waals surface area contributed by atoms with Gasteiger partial charge in [0.05, 0.1) is 0 Å². The third-order valence-electron chi connectivity index (χ3n) is 1.67. The van der Waals surface area contributed by atoms with Gasteiger partial charge in [-0.15, -0.1) is 0 Å². The van der Waals surface area contributed by atoms with Crippen molar-refractivity contribution in [3.05, 3.63) is 12.2 Å². The molecule has 0 aromatic heterocycles. The third kappa shape index (κ3) is 2.72. The molecule has 0 aliphatic heterocycles. The lowest BCUT2D eigenvalue weighted by molar-refractivity contribution is -0.144. The van der Waals surface area contributed by atoms with E-state index in [1.54, 1.807) is 0 Å². The quantitative estimate of drug-likeness (QED) is 0.445. The van der Waals surface area contributed by atoms with Gasteiger partial charge in [0.15, 0.2) is 0 Å². The Morgan fingerprint density at radius 2 is 2.27 bits per heavy atom. The highest BCUT2D eigenvalue weighted by atomic mass is 16.5. The van der Waals surface area contributed by atoms with Crippen molar-refractivity contribution in [1.29, 1.82) is 0 Å². The van der Waals surface area contributed by atoms with Crippen LogP contribution < -0.4 is 5.73 Å². The summed E-state index contributed by atoms with van der Waals surface area (Å²) in [6.07, 6.45) is 5.44. The van der Waals surface area contributed by atoms with Gasteiger partial charge in [-0.2, -0.15) is 0 Å². The molecule has 2 N–H and O–H groups in total. The maximum atomic E-state index is 10.5. The van der Waals surface area contributed by atoms with E-state index < -0.39 is 0 Å². The largest absolute Gasteiger partial charge is 0.458 e. The fourth-order valence-electron chi connectivity index (χ4n) is 1.13. The lowest BCUT2D eigenvalue weighted by Gasteiger charge is -2.19. The topological polar surface area (TPSA) is 52.3 Å². The minimum Gasteiger partial charge on any atom is -0.458 e. The van der Waals surface area contributed by atoms with Crippen molar-refractivity contribution in [3.8, 4) is 0 Å². The number of carbonyl (C=O) groups is 1. The van der Waals surface area contributed by atoms with Gasteiger partial charge in [-0.3, -0.25) is 4.79 Å². The Labute approximate surface area is 66.2 Å². The van der Waals surface area contributed by atoms with E-state index in [2.05, 4.69) is 0 Å². The van der Waals surface area contributed by atoms with Crippen LogP contribution in [0.25, 0.3) is 0 Å². The van der Waals surface area contributed by atoms with E-state index in [0.29, 0.717) is 0 Å². The maximum Gasteiger partial charge on any atom is 0.303 e. The van der Waals surface area contributed by atoms with Crippen LogP contribution in [-0.4, -0.2) is 18.1 Å². The Hall–Kier alpha value is -0.830. The molecular formula is C8H13NO2. The fraction of sp³-hybridized carbons (Fsp3) is 0.625. The zero-order valence-electron chi connectivity index (χ0n) is 6.62. The normalized spacial score (nSPS) is 30.0. The van der Waals surface area contributed by atoms with Crippen molar-refractivity contribution in [2.24, 2.45) is 5.73 Å². The summed E-state index contributed by atoms with van der Waals surface area (Å²) in [6.45, 7) is 1.42. The van der Waals surface area contributed by atoms with Crippen LogP contribution in [0.15, 0.2) is 12.2 Å². The molecule has 0 saturated heterocycles. The second-order valence-electron chi connectivity index (χ2n) is 2.77. The number of hydrogen-bond acceptors (Lipinski definition) is 3. The van der Waals surface area contributed by atoms with E-state index in [4.69, 9.17) is 10.5 Å². The van der Waals surface area contributed by atoms with Gasteiger partial charge in [0.2, 0.25) is 0 Å². The van der Waals surface area contributed by atoms with Crippen LogP contribution in [0.4, 0.5) is 0 Å². The van der Waals surface area contributed by atoms with Crippen LogP contribution in [0.1, 0.15) is 19.8 Å². The standard InChI is InChI=1S/C8H13NO2/c1-6(10)11-8-4-2-7(9)3-5-8/h2,4,7-8H,3,5,9H2,1H3. The van der Waals surface area contributed by atoms with Crippen LogP contribution in [0.5, 0.6) is 0 Å². The average molecular weight is 155 g/mol. The molecule has 0 spiro atoms. The van der Waals surface area contributed by atoms with E-state index in [1.807, 2.05) is 12.2 Å². The molecule has 0 fully saturated rings. The van der Waals surface area contributed by atoms with E-state index in [1.165, 1.54) is 6.92 Å². The summed E-state index contributed by atoms with van der Waals surface area (Å²) in [7, 11) is 0. The fourth-order valence-corrected chi connectivity index (χ4v) is 1.13. The van der Waals surface area contributed by atoms with Crippen LogP contribution in [-0.2, 0) is 9.53 Å². The molecule has 3 nitrogen and oxygen atoms in total. The first-order valence-corrected chi connectivity index (χ1v) is 3.79. The highest BCUT2D eigenvalue weighted by molar-refractivity contribution is 5.66. The van der Waals surface area contributed by atoms with Gasteiger partial charge in [0.1, 0.15) is 6.10 Å². The van der Waals surface area contributed by atoms with Crippen molar-refractivity contribution in [2.45, 2.75) is 31.9 Å². The highest BCUT2D eigenvalue weighted by Crippen LogP contribution is 2.12. The Morgan fingerprint density at radius 3 is 2.73 bits per heavy atom. The van der Waals surface area contributed by atoms with Crippen molar-refractivity contribution < 1.29 is 9.53 Å². The van der Waals surface area contributed by atoms with Gasteiger partial charge in [-0.05, 0) is 18.9 Å². The minimum absolute atomic E-state index is 0.0488. The van der Waals surface area contributed by atoms with Crippen molar-refractivity contribution in [3.63, 3.8) is 0 Å². The lowest BCUT2D eigenvalue weighted by Crippen LogP contribution is -2.26. The van der Waals surface area contributed by atoms with E-state index in [9.17, 15) is 4.79 Å². The van der Waals surface area contributed by atoms with Gasteiger partial charge in [-0.25, -0.2) is 0 Å². The van der Waals surface area contributed by atoms with E-state index in [-0.39, 0.29) is 18.1 Å². The SMILES string of the molecule is CC(=O)OC1C=CC(N)CC1. The molecule has 0 aromatic rings. The monoisotopic (exact) mass is 155 g/mol. The summed E-state index contributed by atoms with van der Waals surface area (Å²) >= 11 is 0. The van der Waals surface area contributed by atoms with Gasteiger partial charge in [0.25, 0.3) is 0 Å². The molecule has 0 radical (unpaired) electrons. The maximum absolute atomic E-state index is 10.5. The third-order valence-corrected chi connectivity index (χ3v) is 1.67. The highest BCUT2D eigenvalue weighted by Gasteiger charge is 2.14. The molecule has 1 rings (SSSR count). The van der Waals surface area contributed by atoms with Gasteiger partial charge >= 0.3 is 5.97 Å². The molecule has 62 valence electrons. The molecule has 2 atom stereocenters. The second kappa shape index (κ2) is 3.53. The van der Waals surface area contributed by atoms with Gasteiger partial charge < -0.3 is 10.5 Å². The van der Waals surface area contributed by atoms with E-state index >= 15 is 0 Å². The van der Waals surface area contributed by atoms with Crippen LogP contribution in [0.3, 0.4) is 0 Å². The minimum atomic E-state index is -0.227. The van der Waals surface area contributed by atoms with Gasteiger partial charge in [0, 0.05) is 13.0 Å². The average Bonchev–Trinajstić information content (AvgIpc) is 1.93. The predicted octanol–water partition coefficient (Wildman–Crippen LogP) is 0.595. The smallest absolute Gasteiger partial charge is 0.303 e. The predicted molar refractivity (Wildman–Crippen MR) is 41.9 cm³/mol. The summed E-state index contributed by atoms with van der Waals surface area (Å²) in [5.74, 6) is -0.227. The molecule has 0 heterocycles. The summed E-state index contributed by atoms with van der Waals surface area (Å²) in [5, 5.41) is 0. The number of hydrogen-bond donors (Lipinski definition) is 1. The molecule has 0 amide bonds. The van der Waals surface area contributed by atoms with E-state index in [0.717, 1.165) is 12.8 Å². The van der Waals surface area contributed by atoms with Crippen molar-refractivity contribution in [2.75, 3.05) is 0 Å². The Balaban J connectivity index is 2.38. The first-order valence-electron chi connectivity index (χ1n) is 3.79. The van der Waals surface area contributed by atoms with Crippen LogP contribution in [0, 0.1) is 0 Å². The Kier molecular flexibility index (Phi) is 2.65. The zero-order valence-corrected chi connectivity index (χ0v) is 6.62. The summed E-state index contributed by atoms with van der Waals surface area (Å²) in [6, 6.07) is 0.141. The van der Waals surface area contributed by atoms with Crippen LogP contribution >= 0.6 is 0 Å². The Morgan fingerprint density at radius 1 is 1.55 bits per heavy atom. The van der Waals surface area contributed by atoms with Crippen molar-refractivity contribution >= 4 is 5.97 Å². The second-order valence-corrected chi connectivity index (χ2v) is 2.77. The number of ether oxygens (including phenoxy) is 1. The summed E-state index contributed by atoms with van der Waals surface area (Å²) in [5.41, 5.74) is 5.60. The molecule has 3 heteroatoms. The number of nitrogens with two attached hydrogens (primary N) is 1. The summed E-state index contributed by atoms with van der Waals surface area (Å²) in [4.78, 5) is 10.5. The summed E-state index contributed by atoms with van der Waals surface area (Å²) < 4.78 is 4.96. The first-order chi connectivity index (χ1) is 5.18. The zero-order chi connectivity index (χ0) is 8.27. The molecular weight excluding hydrogens is 142 g/mol. The molecule has 1 aliphatic rings. The molecule has 2 unspecified atom stereocenters. The molecule has 0 bridgehead atoms. The lowest BCUT2D eigenvalue weighted by atomic mass is 10.0. The van der Waals surface area contributed by atoms with Gasteiger partial charge in [-0.1, -0.05) is 6.08 Å². The number of carbonyl (C=O) groups excluding carboxylic acids is 1. The molecule has 1 aliphatic carbocycles. The first kappa shape index (κ1) is 8.27. The van der Waals surface area contributed by atoms with Crippen LogP contribution in [0.2, 0.25) is 0 Å². The number of esters is 1. The number of rotatable bonds is 1. The van der Waals surface area contributed by atoms with Crippen molar-refractivity contribution in [1.82, 2.24) is 0 Å². The molecule has 0 aromatic carbocycles.